The molecule has 5 rings (SSSR count). The van der Waals surface area contributed by atoms with Gasteiger partial charge in [0.25, 0.3) is 15.9 Å². The maximum atomic E-state index is 13.5. The fourth-order valence-corrected chi connectivity index (χ4v) is 7.48. The number of nitrogens with zero attached hydrogens (tertiary/aromatic N) is 1. The fourth-order valence-electron chi connectivity index (χ4n) is 6.16. The second-order valence-corrected chi connectivity index (χ2v) is 15.7. The molecule has 12 heteroatoms. The number of aryl methyl sites for hydroxylation is 1. The molecular formula is C35H46ClN3O7S. The molecule has 1 fully saturated rings. The summed E-state index contributed by atoms with van der Waals surface area (Å²) in [5, 5.41) is 3.53. The van der Waals surface area contributed by atoms with Gasteiger partial charge in [0.05, 0.1) is 17.2 Å². The van der Waals surface area contributed by atoms with E-state index in [-0.39, 0.29) is 29.3 Å². The number of sulfonamides is 1. The smallest absolute Gasteiger partial charge is 0.407 e. The number of halogens is 1. The molecule has 2 aliphatic heterocycles. The number of rotatable bonds is 3. The largest absolute Gasteiger partial charge is 0.487 e. The van der Waals surface area contributed by atoms with Gasteiger partial charge in [0.15, 0.2) is 0 Å². The lowest BCUT2D eigenvalue weighted by Gasteiger charge is -2.43. The van der Waals surface area contributed by atoms with Gasteiger partial charge in [-0.1, -0.05) is 37.6 Å². The quantitative estimate of drug-likeness (QED) is 0.377. The van der Waals surface area contributed by atoms with Crippen LogP contribution in [0, 0.1) is 17.8 Å². The predicted octanol–water partition coefficient (Wildman–Crippen LogP) is 6.01. The van der Waals surface area contributed by atoms with Gasteiger partial charge < -0.3 is 24.4 Å². The van der Waals surface area contributed by atoms with Crippen molar-refractivity contribution in [3.05, 3.63) is 64.7 Å². The van der Waals surface area contributed by atoms with Crippen molar-refractivity contribution < 1.29 is 32.2 Å². The molecule has 0 aromatic heterocycles. The van der Waals surface area contributed by atoms with E-state index in [1.165, 1.54) is 19.9 Å². The highest BCUT2D eigenvalue weighted by Gasteiger charge is 2.40. The molecule has 0 unspecified atom stereocenters. The summed E-state index contributed by atoms with van der Waals surface area (Å²) in [6.45, 7) is 9.16. The van der Waals surface area contributed by atoms with E-state index < -0.39 is 33.7 Å². The maximum Gasteiger partial charge on any atom is 0.407 e. The molecule has 0 spiro atoms. The number of amides is 2. The number of benzene rings is 2. The van der Waals surface area contributed by atoms with Gasteiger partial charge in [-0.3, -0.25) is 4.79 Å². The minimum Gasteiger partial charge on any atom is -0.487 e. The van der Waals surface area contributed by atoms with Gasteiger partial charge in [-0.15, -0.1) is 0 Å². The van der Waals surface area contributed by atoms with Crippen LogP contribution in [0.2, 0.25) is 5.02 Å². The number of carbonyl (C=O) groups is 2. The van der Waals surface area contributed by atoms with Gasteiger partial charge in [-0.2, -0.15) is 0 Å². The summed E-state index contributed by atoms with van der Waals surface area (Å²) < 4.78 is 47.5. The zero-order valence-corrected chi connectivity index (χ0v) is 29.2. The minimum absolute atomic E-state index is 0.0290. The van der Waals surface area contributed by atoms with Crippen LogP contribution in [0.3, 0.4) is 0 Å². The Morgan fingerprint density at radius 1 is 1.15 bits per heavy atom. The van der Waals surface area contributed by atoms with Crippen molar-refractivity contribution in [2.24, 2.45) is 17.8 Å². The van der Waals surface area contributed by atoms with Crippen LogP contribution in [0.15, 0.2) is 53.4 Å². The standard InChI is InChI=1S/C35H46ClN3O7S/c1-23(2)20-37-34(41)46-31-9-7-17-45-35(3,4)33(40)38-47(42,43)28-13-15-32-30(19-28)39(21-25-11-14-29(25)31)16-6-5-8-24-18-27(36)12-10-26(24)22-44-32/h7,9-10,12-13,15,18-19,23,25,29,31H,5-6,8,11,14,16-17,20-22H2,1-4H3,(H,37,41)(H,38,40)/b9-7+/t25-,29+,31-/m0/s1. The van der Waals surface area contributed by atoms with Crippen LogP contribution in [0.1, 0.15) is 64.5 Å². The molecule has 2 aromatic carbocycles. The number of carbonyl (C=O) groups excluding carboxylic acids is 2. The number of hydrogen-bond donors (Lipinski definition) is 2. The van der Waals surface area contributed by atoms with E-state index in [1.54, 1.807) is 18.2 Å². The van der Waals surface area contributed by atoms with Crippen LogP contribution in [0.4, 0.5) is 10.5 Å². The normalized spacial score (nSPS) is 25.0. The lowest BCUT2D eigenvalue weighted by molar-refractivity contribution is -0.139. The molecule has 2 amide bonds. The summed E-state index contributed by atoms with van der Waals surface area (Å²) in [4.78, 5) is 28.1. The van der Waals surface area contributed by atoms with Crippen molar-refractivity contribution in [3.63, 3.8) is 0 Å². The number of nitrogens with one attached hydrogen (secondary N) is 2. The molecule has 47 heavy (non-hydrogen) atoms. The SMILES string of the molecule is CC(C)CNC(=O)O[C@H]1/C=C/COC(C)(C)C(=O)NS(=O)(=O)c2ccc3c(c2)N(CCCCc2cc(Cl)ccc2CO3)C[C@@H]2CC[C@H]21. The van der Waals surface area contributed by atoms with E-state index in [0.717, 1.165) is 43.2 Å². The zero-order valence-electron chi connectivity index (χ0n) is 27.6. The van der Waals surface area contributed by atoms with E-state index in [4.69, 9.17) is 25.8 Å². The van der Waals surface area contributed by atoms with Crippen LogP contribution in [0.5, 0.6) is 5.75 Å². The van der Waals surface area contributed by atoms with Gasteiger partial charge in [0, 0.05) is 30.6 Å². The summed E-state index contributed by atoms with van der Waals surface area (Å²) in [5.74, 6) is 0.235. The predicted molar refractivity (Wildman–Crippen MR) is 181 cm³/mol. The molecule has 2 aromatic rings. The number of fused-ring (bicyclic) bond motifs is 3. The number of alkyl carbamates (subject to hydrolysis) is 1. The zero-order chi connectivity index (χ0) is 33.8. The average Bonchev–Trinajstić information content (AvgIpc) is 3.02. The first-order valence-corrected chi connectivity index (χ1v) is 18.3. The third kappa shape index (κ3) is 8.80. The highest BCUT2D eigenvalue weighted by Crippen LogP contribution is 2.42. The molecule has 3 aliphatic rings. The summed E-state index contributed by atoms with van der Waals surface area (Å²) in [5.41, 5.74) is 1.33. The van der Waals surface area contributed by atoms with E-state index in [0.29, 0.717) is 42.7 Å². The first kappa shape index (κ1) is 35.0. The Labute approximate surface area is 283 Å². The molecule has 2 bridgehead atoms. The molecule has 2 N–H and O–H groups in total. The summed E-state index contributed by atoms with van der Waals surface area (Å²) in [6.07, 6.45) is 6.97. The molecule has 256 valence electrons. The van der Waals surface area contributed by atoms with Crippen LogP contribution < -0.4 is 19.7 Å². The Bertz CT molecular complexity index is 1590. The Balaban J connectivity index is 1.52. The molecule has 1 saturated carbocycles. The fraction of sp³-hybridized carbons (Fsp3) is 0.543. The second-order valence-electron chi connectivity index (χ2n) is 13.6. The maximum absolute atomic E-state index is 13.5. The molecule has 3 atom stereocenters. The van der Waals surface area contributed by atoms with E-state index in [9.17, 15) is 18.0 Å². The van der Waals surface area contributed by atoms with Crippen molar-refractivity contribution in [1.29, 1.82) is 0 Å². The number of hydrogen-bond acceptors (Lipinski definition) is 8. The van der Waals surface area contributed by atoms with Crippen LogP contribution >= 0.6 is 11.6 Å². The van der Waals surface area contributed by atoms with Crippen molar-refractivity contribution >= 4 is 39.3 Å². The first-order chi connectivity index (χ1) is 22.3. The number of anilines is 1. The van der Waals surface area contributed by atoms with Gasteiger partial charge in [0.2, 0.25) is 0 Å². The van der Waals surface area contributed by atoms with Crippen molar-refractivity contribution in [2.45, 2.75) is 83.0 Å². The first-order valence-electron chi connectivity index (χ1n) is 16.4. The Hall–Kier alpha value is -3.28. The molecule has 1 aliphatic carbocycles. The van der Waals surface area contributed by atoms with Crippen molar-refractivity contribution in [2.75, 3.05) is 31.1 Å². The second kappa shape index (κ2) is 14.9. The Morgan fingerprint density at radius 2 is 1.96 bits per heavy atom. The van der Waals surface area contributed by atoms with Crippen LogP contribution in [-0.2, 0) is 37.3 Å². The van der Waals surface area contributed by atoms with Crippen LogP contribution in [-0.4, -0.2) is 58.4 Å². The molecule has 2 heterocycles. The van der Waals surface area contributed by atoms with E-state index in [2.05, 4.69) is 14.9 Å². The molecular weight excluding hydrogens is 642 g/mol. The average molecular weight is 688 g/mol. The third-order valence-electron chi connectivity index (χ3n) is 9.15. The molecule has 10 nitrogen and oxygen atoms in total. The Morgan fingerprint density at radius 3 is 2.70 bits per heavy atom. The monoisotopic (exact) mass is 687 g/mol. The summed E-state index contributed by atoms with van der Waals surface area (Å²) >= 11 is 6.33. The van der Waals surface area contributed by atoms with Gasteiger partial charge in [-0.05, 0) is 105 Å². The Kier molecular flexibility index (Phi) is 11.1. The van der Waals surface area contributed by atoms with Gasteiger partial charge >= 0.3 is 6.09 Å². The minimum atomic E-state index is -4.23. The molecule has 0 saturated heterocycles. The summed E-state index contributed by atoms with van der Waals surface area (Å²) in [6, 6.07) is 10.5. The molecule has 0 radical (unpaired) electrons. The third-order valence-corrected chi connectivity index (χ3v) is 10.7. The highest BCUT2D eigenvalue weighted by molar-refractivity contribution is 7.90. The lowest BCUT2D eigenvalue weighted by atomic mass is 9.70. The highest BCUT2D eigenvalue weighted by atomic mass is 35.5. The van der Waals surface area contributed by atoms with Crippen LogP contribution in [0.25, 0.3) is 0 Å². The van der Waals surface area contributed by atoms with Gasteiger partial charge in [0.1, 0.15) is 24.1 Å². The van der Waals surface area contributed by atoms with Crippen molar-refractivity contribution in [3.8, 4) is 5.75 Å². The lowest BCUT2D eigenvalue weighted by Crippen LogP contribution is -2.47. The van der Waals surface area contributed by atoms with E-state index >= 15 is 0 Å². The van der Waals surface area contributed by atoms with Crippen molar-refractivity contribution in [1.82, 2.24) is 10.0 Å². The van der Waals surface area contributed by atoms with E-state index in [1.807, 2.05) is 38.1 Å². The van der Waals surface area contributed by atoms with Gasteiger partial charge in [-0.25, -0.2) is 17.9 Å². The summed E-state index contributed by atoms with van der Waals surface area (Å²) in [7, 11) is -4.23. The number of ether oxygens (including phenoxy) is 3. The topological polar surface area (TPSA) is 123 Å².